The minimum atomic E-state index is -0.938. The van der Waals surface area contributed by atoms with E-state index in [1.165, 1.54) is 12.1 Å². The minimum absolute atomic E-state index is 0.0338. The molecule has 0 unspecified atom stereocenters. The van der Waals surface area contributed by atoms with Gasteiger partial charge >= 0.3 is 6.09 Å². The molecule has 1 amide bonds. The van der Waals surface area contributed by atoms with E-state index in [0.29, 0.717) is 12.0 Å². The van der Waals surface area contributed by atoms with E-state index in [2.05, 4.69) is 6.92 Å². The van der Waals surface area contributed by atoms with Gasteiger partial charge in [0.15, 0.2) is 0 Å². The van der Waals surface area contributed by atoms with Gasteiger partial charge in [-0.3, -0.25) is 4.90 Å². The topological polar surface area (TPSA) is 49.8 Å². The normalized spacial score (nSPS) is 20.5. The number of carbonyl (C=O) groups is 1. The van der Waals surface area contributed by atoms with Crippen LogP contribution in [0.5, 0.6) is 0 Å². The smallest absolute Gasteiger partial charge is 0.410 e. The highest BCUT2D eigenvalue weighted by Gasteiger charge is 2.41. The number of aliphatic hydroxyl groups is 1. The van der Waals surface area contributed by atoms with Gasteiger partial charge in [0.25, 0.3) is 0 Å². The van der Waals surface area contributed by atoms with Crippen LogP contribution in [-0.2, 0) is 11.3 Å². The summed E-state index contributed by atoms with van der Waals surface area (Å²) in [4.78, 5) is 14.5. The lowest BCUT2D eigenvalue weighted by molar-refractivity contribution is 0.0332. The molecule has 144 valence electrons. The van der Waals surface area contributed by atoms with E-state index in [0.717, 1.165) is 24.8 Å². The monoisotopic (exact) mass is 371 g/mol. The molecule has 1 aliphatic rings. The molecule has 1 heterocycles. The quantitative estimate of drug-likeness (QED) is 0.791. The largest absolute Gasteiger partial charge is 0.445 e. The van der Waals surface area contributed by atoms with Crippen molar-refractivity contribution in [3.63, 3.8) is 0 Å². The molecule has 1 aliphatic heterocycles. The SMILES string of the molecule is CCC[C@H]1CC[C@@H]([C@@H](O)c2cccc(F)c2)N1C(=O)OCc1ccccc1. The Kier molecular flexibility index (Phi) is 6.45. The van der Waals surface area contributed by atoms with E-state index in [4.69, 9.17) is 4.74 Å². The summed E-state index contributed by atoms with van der Waals surface area (Å²) < 4.78 is 19.1. The summed E-state index contributed by atoms with van der Waals surface area (Å²) in [6, 6.07) is 15.1. The van der Waals surface area contributed by atoms with E-state index in [9.17, 15) is 14.3 Å². The summed E-state index contributed by atoms with van der Waals surface area (Å²) >= 11 is 0. The van der Waals surface area contributed by atoms with Gasteiger partial charge in [0.1, 0.15) is 12.4 Å². The third-order valence-corrected chi connectivity index (χ3v) is 5.14. The van der Waals surface area contributed by atoms with Gasteiger partial charge < -0.3 is 9.84 Å². The number of halogens is 1. The Hall–Kier alpha value is -2.40. The summed E-state index contributed by atoms with van der Waals surface area (Å²) in [6.45, 7) is 2.27. The number of hydrogen-bond donors (Lipinski definition) is 1. The van der Waals surface area contributed by atoms with Gasteiger partial charge in [-0.2, -0.15) is 0 Å². The molecule has 0 aliphatic carbocycles. The van der Waals surface area contributed by atoms with Crippen molar-refractivity contribution >= 4 is 6.09 Å². The number of likely N-dealkylation sites (tertiary alicyclic amines) is 1. The van der Waals surface area contributed by atoms with Gasteiger partial charge in [-0.15, -0.1) is 0 Å². The number of nitrogens with zero attached hydrogens (tertiary/aromatic N) is 1. The standard InChI is InChI=1S/C22H26FNO3/c1-2-7-19-12-13-20(21(25)17-10-6-11-18(23)14-17)24(19)22(26)27-15-16-8-4-3-5-9-16/h3-6,8-11,14,19-21,25H,2,7,12-13,15H2,1H3/t19-,20-,21-/m0/s1. The maximum absolute atomic E-state index is 13.6. The van der Waals surface area contributed by atoms with Crippen molar-refractivity contribution in [3.05, 3.63) is 71.5 Å². The molecule has 2 aromatic carbocycles. The highest BCUT2D eigenvalue weighted by molar-refractivity contribution is 5.69. The van der Waals surface area contributed by atoms with E-state index in [-0.39, 0.29) is 12.6 Å². The number of hydrogen-bond acceptors (Lipinski definition) is 3. The zero-order valence-electron chi connectivity index (χ0n) is 15.6. The molecule has 0 spiro atoms. The molecule has 1 N–H and O–H groups in total. The zero-order valence-corrected chi connectivity index (χ0v) is 15.6. The van der Waals surface area contributed by atoms with Gasteiger partial charge in [0, 0.05) is 6.04 Å². The third kappa shape index (κ3) is 4.66. The fourth-order valence-electron chi connectivity index (χ4n) is 3.83. The lowest BCUT2D eigenvalue weighted by Crippen LogP contribution is -2.44. The molecule has 0 radical (unpaired) electrons. The predicted octanol–water partition coefficient (Wildman–Crippen LogP) is 4.83. The molecule has 3 atom stereocenters. The number of ether oxygens (including phenoxy) is 1. The first-order chi connectivity index (χ1) is 13.1. The first-order valence-electron chi connectivity index (χ1n) is 9.52. The Labute approximate surface area is 159 Å². The maximum atomic E-state index is 13.6. The van der Waals surface area contributed by atoms with Crippen molar-refractivity contribution < 1.29 is 19.0 Å². The number of carbonyl (C=O) groups excluding carboxylic acids is 1. The van der Waals surface area contributed by atoms with Crippen molar-refractivity contribution in [1.29, 1.82) is 0 Å². The van der Waals surface area contributed by atoms with E-state index in [1.54, 1.807) is 17.0 Å². The second-order valence-corrected chi connectivity index (χ2v) is 7.03. The Bertz CT molecular complexity index is 752. The fourth-order valence-corrected chi connectivity index (χ4v) is 3.83. The van der Waals surface area contributed by atoms with Crippen molar-refractivity contribution in [2.75, 3.05) is 0 Å². The van der Waals surface area contributed by atoms with Gasteiger partial charge in [0.05, 0.1) is 12.1 Å². The number of rotatable bonds is 6. The average molecular weight is 371 g/mol. The summed E-state index contributed by atoms with van der Waals surface area (Å²) in [5.41, 5.74) is 1.40. The van der Waals surface area contributed by atoms with Gasteiger partial charge in [-0.1, -0.05) is 55.8 Å². The highest BCUT2D eigenvalue weighted by Crippen LogP contribution is 2.35. The van der Waals surface area contributed by atoms with Crippen LogP contribution in [0.25, 0.3) is 0 Å². The number of amides is 1. The molecule has 2 aromatic rings. The molecule has 3 rings (SSSR count). The first kappa shape index (κ1) is 19.4. The second kappa shape index (κ2) is 9.00. The van der Waals surface area contributed by atoms with Gasteiger partial charge in [0.2, 0.25) is 0 Å². The lowest BCUT2D eigenvalue weighted by atomic mass is 10.0. The molecule has 0 bridgehead atoms. The van der Waals surface area contributed by atoms with Crippen molar-refractivity contribution in [1.82, 2.24) is 4.90 Å². The van der Waals surface area contributed by atoms with E-state index < -0.39 is 24.1 Å². The Morgan fingerprint density at radius 1 is 1.22 bits per heavy atom. The van der Waals surface area contributed by atoms with Crippen LogP contribution in [0.2, 0.25) is 0 Å². The van der Waals surface area contributed by atoms with Crippen LogP contribution in [0, 0.1) is 5.82 Å². The molecule has 5 heteroatoms. The van der Waals surface area contributed by atoms with Crippen LogP contribution >= 0.6 is 0 Å². The lowest BCUT2D eigenvalue weighted by Gasteiger charge is -2.32. The first-order valence-corrected chi connectivity index (χ1v) is 9.52. The molecule has 27 heavy (non-hydrogen) atoms. The van der Waals surface area contributed by atoms with E-state index >= 15 is 0 Å². The van der Waals surface area contributed by atoms with Gasteiger partial charge in [-0.25, -0.2) is 9.18 Å². The van der Waals surface area contributed by atoms with Crippen LogP contribution in [0.15, 0.2) is 54.6 Å². The summed E-state index contributed by atoms with van der Waals surface area (Å²) in [5.74, 6) is -0.396. The zero-order chi connectivity index (χ0) is 19.2. The third-order valence-electron chi connectivity index (χ3n) is 5.14. The second-order valence-electron chi connectivity index (χ2n) is 7.03. The van der Waals surface area contributed by atoms with Crippen molar-refractivity contribution in [2.45, 2.75) is 57.4 Å². The van der Waals surface area contributed by atoms with Crippen LogP contribution in [0.3, 0.4) is 0 Å². The predicted molar refractivity (Wildman–Crippen MR) is 102 cm³/mol. The molecule has 1 saturated heterocycles. The molecule has 0 aromatic heterocycles. The Morgan fingerprint density at radius 3 is 2.70 bits per heavy atom. The number of benzene rings is 2. The summed E-state index contributed by atoms with van der Waals surface area (Å²) in [7, 11) is 0. The minimum Gasteiger partial charge on any atom is -0.445 e. The summed E-state index contributed by atoms with van der Waals surface area (Å²) in [5, 5.41) is 10.8. The van der Waals surface area contributed by atoms with Gasteiger partial charge in [-0.05, 0) is 42.5 Å². The Morgan fingerprint density at radius 2 is 2.00 bits per heavy atom. The van der Waals surface area contributed by atoms with Crippen LogP contribution in [0.1, 0.15) is 49.8 Å². The van der Waals surface area contributed by atoms with Crippen LogP contribution in [-0.4, -0.2) is 28.2 Å². The van der Waals surface area contributed by atoms with Crippen LogP contribution in [0.4, 0.5) is 9.18 Å². The molecular formula is C22H26FNO3. The molecular weight excluding hydrogens is 345 g/mol. The Balaban J connectivity index is 1.75. The maximum Gasteiger partial charge on any atom is 0.410 e. The average Bonchev–Trinajstić information content (AvgIpc) is 3.10. The summed E-state index contributed by atoms with van der Waals surface area (Å²) in [6.07, 6.45) is 1.92. The number of aliphatic hydroxyl groups excluding tert-OH is 1. The molecule has 1 fully saturated rings. The molecule has 4 nitrogen and oxygen atoms in total. The fraction of sp³-hybridized carbons (Fsp3) is 0.409. The van der Waals surface area contributed by atoms with Crippen molar-refractivity contribution in [3.8, 4) is 0 Å². The van der Waals surface area contributed by atoms with Crippen LogP contribution < -0.4 is 0 Å². The highest BCUT2D eigenvalue weighted by atomic mass is 19.1. The molecule has 0 saturated carbocycles. The van der Waals surface area contributed by atoms with E-state index in [1.807, 2.05) is 30.3 Å². The van der Waals surface area contributed by atoms with Crippen molar-refractivity contribution in [2.24, 2.45) is 0 Å².